The zero-order valence-corrected chi connectivity index (χ0v) is 20.5. The molecule has 8 heteroatoms. The monoisotopic (exact) mass is 538 g/mol. The highest BCUT2D eigenvalue weighted by Gasteiger charge is 2.12. The number of carbonyl (C=O) groups excluding carboxylic acids is 1. The fourth-order valence-corrected chi connectivity index (χ4v) is 3.10. The molecule has 0 unspecified atom stereocenters. The second-order valence-electron chi connectivity index (χ2n) is 7.24. The Morgan fingerprint density at radius 1 is 1.13 bits per heavy atom. The second kappa shape index (κ2) is 11.1. The molecule has 3 aromatic rings. The average molecular weight is 538 g/mol. The van der Waals surface area contributed by atoms with E-state index < -0.39 is 0 Å². The Hall–Kier alpha value is -2.62. The Balaban J connectivity index is 0.00000341. The van der Waals surface area contributed by atoms with Crippen LogP contribution in [0, 0.1) is 12.7 Å². The number of hydrogen-bond donors (Lipinski definition) is 2. The first-order chi connectivity index (χ1) is 14.4. The lowest BCUT2D eigenvalue weighted by Crippen LogP contribution is -2.36. The standard InChI is InChI=1S/C23H27FN4O2.HI/c1-5-25-23(26-13-16-6-8-17(9-7-16)22(29)28(3)4)27-14-21-15(2)19-12-18(24)10-11-20(19)30-21;/h6-12H,5,13-14H2,1-4H3,(H2,25,26,27);1H. The molecule has 0 atom stereocenters. The van der Waals surface area contributed by atoms with E-state index in [-0.39, 0.29) is 35.7 Å². The minimum Gasteiger partial charge on any atom is -0.459 e. The van der Waals surface area contributed by atoms with E-state index in [4.69, 9.17) is 4.42 Å². The van der Waals surface area contributed by atoms with Crippen molar-refractivity contribution in [2.24, 2.45) is 4.99 Å². The molecule has 31 heavy (non-hydrogen) atoms. The van der Waals surface area contributed by atoms with Crippen molar-refractivity contribution in [3.05, 3.63) is 70.7 Å². The molecule has 0 radical (unpaired) electrons. The number of guanidine groups is 1. The first kappa shape index (κ1) is 24.6. The summed E-state index contributed by atoms with van der Waals surface area (Å²) in [6, 6.07) is 12.0. The van der Waals surface area contributed by atoms with Gasteiger partial charge in [0.05, 0.1) is 13.1 Å². The van der Waals surface area contributed by atoms with Gasteiger partial charge < -0.3 is 20.0 Å². The van der Waals surface area contributed by atoms with Gasteiger partial charge in [0.2, 0.25) is 0 Å². The third-order valence-corrected chi connectivity index (χ3v) is 4.78. The summed E-state index contributed by atoms with van der Waals surface area (Å²) in [7, 11) is 3.46. The van der Waals surface area contributed by atoms with E-state index in [2.05, 4.69) is 15.6 Å². The number of aliphatic imine (C=N–C) groups is 1. The van der Waals surface area contributed by atoms with E-state index in [1.807, 2.05) is 38.1 Å². The average Bonchev–Trinajstić information content (AvgIpc) is 3.05. The summed E-state index contributed by atoms with van der Waals surface area (Å²) in [5.74, 6) is 1.09. The van der Waals surface area contributed by atoms with Crippen LogP contribution in [0.15, 0.2) is 51.9 Å². The smallest absolute Gasteiger partial charge is 0.253 e. The van der Waals surface area contributed by atoms with Crippen LogP contribution in [0.2, 0.25) is 0 Å². The number of carbonyl (C=O) groups is 1. The minimum absolute atomic E-state index is 0. The lowest BCUT2D eigenvalue weighted by Gasteiger charge is -2.11. The summed E-state index contributed by atoms with van der Waals surface area (Å²) in [5, 5.41) is 7.24. The van der Waals surface area contributed by atoms with Crippen molar-refractivity contribution in [3.8, 4) is 0 Å². The van der Waals surface area contributed by atoms with Crippen molar-refractivity contribution >= 4 is 46.8 Å². The number of nitrogens with one attached hydrogen (secondary N) is 2. The number of furan rings is 1. The van der Waals surface area contributed by atoms with Gasteiger partial charge in [-0.2, -0.15) is 0 Å². The molecule has 0 saturated carbocycles. The maximum Gasteiger partial charge on any atom is 0.253 e. The van der Waals surface area contributed by atoms with E-state index in [9.17, 15) is 9.18 Å². The number of nitrogens with zero attached hydrogens (tertiary/aromatic N) is 2. The van der Waals surface area contributed by atoms with Crippen LogP contribution in [0.25, 0.3) is 11.0 Å². The summed E-state index contributed by atoms with van der Waals surface area (Å²) in [6.45, 7) is 5.53. The number of fused-ring (bicyclic) bond motifs is 1. The highest BCUT2D eigenvalue weighted by Crippen LogP contribution is 2.25. The molecule has 0 bridgehead atoms. The van der Waals surface area contributed by atoms with Gasteiger partial charge in [-0.05, 0) is 49.7 Å². The molecule has 2 N–H and O–H groups in total. The molecule has 0 aliphatic rings. The fraction of sp³-hybridized carbons (Fsp3) is 0.304. The number of amides is 1. The largest absolute Gasteiger partial charge is 0.459 e. The SMILES string of the molecule is CCNC(=NCc1ccc(C(=O)N(C)C)cc1)NCc1oc2ccc(F)cc2c1C.I. The maximum atomic E-state index is 13.5. The zero-order valence-electron chi connectivity index (χ0n) is 18.2. The van der Waals surface area contributed by atoms with Crippen molar-refractivity contribution in [1.82, 2.24) is 15.5 Å². The molecular formula is C23H28FIN4O2. The molecule has 1 amide bonds. The van der Waals surface area contributed by atoms with Crippen LogP contribution in [-0.2, 0) is 13.1 Å². The first-order valence-electron chi connectivity index (χ1n) is 9.89. The molecule has 166 valence electrons. The van der Waals surface area contributed by atoms with Gasteiger partial charge in [-0.15, -0.1) is 24.0 Å². The van der Waals surface area contributed by atoms with Gasteiger partial charge in [-0.3, -0.25) is 4.79 Å². The Kier molecular flexibility index (Phi) is 8.85. The van der Waals surface area contributed by atoms with E-state index in [1.165, 1.54) is 12.1 Å². The Labute approximate surface area is 198 Å². The van der Waals surface area contributed by atoms with E-state index in [0.717, 1.165) is 22.3 Å². The van der Waals surface area contributed by atoms with E-state index in [1.54, 1.807) is 25.1 Å². The maximum absolute atomic E-state index is 13.5. The lowest BCUT2D eigenvalue weighted by molar-refractivity contribution is 0.0827. The number of halogens is 2. The van der Waals surface area contributed by atoms with Crippen molar-refractivity contribution in [2.45, 2.75) is 26.9 Å². The third kappa shape index (κ3) is 6.19. The van der Waals surface area contributed by atoms with Gasteiger partial charge in [0.25, 0.3) is 5.91 Å². The van der Waals surface area contributed by atoms with Crippen molar-refractivity contribution < 1.29 is 13.6 Å². The van der Waals surface area contributed by atoms with Crippen molar-refractivity contribution in [3.63, 3.8) is 0 Å². The molecule has 1 heterocycles. The minimum atomic E-state index is -0.279. The van der Waals surface area contributed by atoms with Gasteiger partial charge in [0.15, 0.2) is 5.96 Å². The number of rotatable bonds is 6. The van der Waals surface area contributed by atoms with Crippen LogP contribution in [-0.4, -0.2) is 37.4 Å². The number of benzene rings is 2. The van der Waals surface area contributed by atoms with Gasteiger partial charge in [0, 0.05) is 37.2 Å². The third-order valence-electron chi connectivity index (χ3n) is 4.78. The highest BCUT2D eigenvalue weighted by atomic mass is 127. The molecule has 2 aromatic carbocycles. The molecule has 0 aliphatic heterocycles. The number of aryl methyl sites for hydroxylation is 1. The normalized spacial score (nSPS) is 11.2. The summed E-state index contributed by atoms with van der Waals surface area (Å²) >= 11 is 0. The molecule has 1 aromatic heterocycles. The van der Waals surface area contributed by atoms with Crippen molar-refractivity contribution in [1.29, 1.82) is 0 Å². The Bertz CT molecular complexity index is 1060. The van der Waals surface area contributed by atoms with Gasteiger partial charge in [-0.1, -0.05) is 12.1 Å². The summed E-state index contributed by atoms with van der Waals surface area (Å²) in [6.07, 6.45) is 0. The first-order valence-corrected chi connectivity index (χ1v) is 9.89. The van der Waals surface area contributed by atoms with Crippen LogP contribution in [0.1, 0.15) is 34.2 Å². The lowest BCUT2D eigenvalue weighted by atomic mass is 10.1. The summed E-state index contributed by atoms with van der Waals surface area (Å²) < 4.78 is 19.4. The number of hydrogen-bond acceptors (Lipinski definition) is 3. The van der Waals surface area contributed by atoms with E-state index >= 15 is 0 Å². The second-order valence-corrected chi connectivity index (χ2v) is 7.24. The topological polar surface area (TPSA) is 69.9 Å². The molecule has 3 rings (SSSR count). The molecule has 0 spiro atoms. The summed E-state index contributed by atoms with van der Waals surface area (Å²) in [4.78, 5) is 18.1. The van der Waals surface area contributed by atoms with Gasteiger partial charge in [-0.25, -0.2) is 9.38 Å². The van der Waals surface area contributed by atoms with Crippen LogP contribution in [0.3, 0.4) is 0 Å². The predicted octanol–water partition coefficient (Wildman–Crippen LogP) is 4.46. The van der Waals surface area contributed by atoms with Gasteiger partial charge in [0.1, 0.15) is 17.2 Å². The molecule has 0 aliphatic carbocycles. The molecule has 6 nitrogen and oxygen atoms in total. The Morgan fingerprint density at radius 3 is 2.48 bits per heavy atom. The fourth-order valence-electron chi connectivity index (χ4n) is 3.10. The Morgan fingerprint density at radius 2 is 1.84 bits per heavy atom. The van der Waals surface area contributed by atoms with Crippen LogP contribution >= 0.6 is 24.0 Å². The van der Waals surface area contributed by atoms with Crippen LogP contribution in [0.5, 0.6) is 0 Å². The molecular weight excluding hydrogens is 510 g/mol. The van der Waals surface area contributed by atoms with Crippen molar-refractivity contribution in [2.75, 3.05) is 20.6 Å². The zero-order chi connectivity index (χ0) is 21.7. The molecule has 0 saturated heterocycles. The van der Waals surface area contributed by atoms with Crippen LogP contribution in [0.4, 0.5) is 4.39 Å². The quantitative estimate of drug-likeness (QED) is 0.277. The summed E-state index contributed by atoms with van der Waals surface area (Å²) in [5.41, 5.74) is 3.22. The van der Waals surface area contributed by atoms with Gasteiger partial charge >= 0.3 is 0 Å². The predicted molar refractivity (Wildman–Crippen MR) is 132 cm³/mol. The van der Waals surface area contributed by atoms with E-state index in [0.29, 0.717) is 36.7 Å². The molecule has 0 fully saturated rings. The highest BCUT2D eigenvalue weighted by molar-refractivity contribution is 14.0. The van der Waals surface area contributed by atoms with Crippen LogP contribution < -0.4 is 10.6 Å².